The highest BCUT2D eigenvalue weighted by Crippen LogP contribution is 2.29. The van der Waals surface area contributed by atoms with Crippen LogP contribution >= 0.6 is 0 Å². The summed E-state index contributed by atoms with van der Waals surface area (Å²) in [6.07, 6.45) is 1.66. The maximum atomic E-state index is 11.3. The Hall–Kier alpha value is -2.07. The van der Waals surface area contributed by atoms with Crippen LogP contribution in [0.25, 0.3) is 10.8 Å². The van der Waals surface area contributed by atoms with E-state index in [0.29, 0.717) is 6.54 Å². The van der Waals surface area contributed by atoms with Gasteiger partial charge in [-0.3, -0.25) is 9.69 Å². The maximum Gasteiger partial charge on any atom is 0.320 e. The molecule has 4 heteroatoms. The molecule has 2 aromatic rings. The van der Waals surface area contributed by atoms with Crippen LogP contribution in [0.1, 0.15) is 18.4 Å². The van der Waals surface area contributed by atoms with Gasteiger partial charge in [0.1, 0.15) is 11.8 Å². The number of benzene rings is 2. The molecule has 0 bridgehead atoms. The summed E-state index contributed by atoms with van der Waals surface area (Å²) in [6, 6.07) is 11.9. The lowest BCUT2D eigenvalue weighted by Gasteiger charge is -2.22. The second-order valence-electron chi connectivity index (χ2n) is 5.48. The summed E-state index contributed by atoms with van der Waals surface area (Å²) in [4.78, 5) is 13.3. The molecule has 21 heavy (non-hydrogen) atoms. The van der Waals surface area contributed by atoms with E-state index < -0.39 is 5.97 Å². The van der Waals surface area contributed by atoms with Crippen LogP contribution in [0.5, 0.6) is 5.75 Å². The molecule has 1 saturated heterocycles. The summed E-state index contributed by atoms with van der Waals surface area (Å²) < 4.78 is 5.49. The molecule has 0 unspecified atom stereocenters. The quantitative estimate of drug-likeness (QED) is 0.938. The van der Waals surface area contributed by atoms with E-state index in [9.17, 15) is 9.90 Å². The van der Waals surface area contributed by atoms with Crippen molar-refractivity contribution in [1.29, 1.82) is 0 Å². The summed E-state index contributed by atoms with van der Waals surface area (Å²) in [6.45, 7) is 1.44. The van der Waals surface area contributed by atoms with Crippen molar-refractivity contribution < 1.29 is 14.6 Å². The fraction of sp³-hybridized carbons (Fsp3) is 0.353. The number of nitrogens with zero attached hydrogens (tertiary/aromatic N) is 1. The number of hydrogen-bond donors (Lipinski definition) is 1. The molecule has 0 aromatic heterocycles. The number of likely N-dealkylation sites (tertiary alicyclic amines) is 1. The third-order valence-corrected chi connectivity index (χ3v) is 4.17. The zero-order valence-electron chi connectivity index (χ0n) is 12.1. The maximum absolute atomic E-state index is 11.3. The lowest BCUT2D eigenvalue weighted by atomic mass is 10.1. The first-order valence-corrected chi connectivity index (χ1v) is 7.21. The number of ether oxygens (including phenoxy) is 1. The molecule has 0 radical (unpaired) electrons. The molecule has 1 atom stereocenters. The molecule has 0 amide bonds. The van der Waals surface area contributed by atoms with Crippen LogP contribution < -0.4 is 4.74 Å². The molecule has 0 saturated carbocycles. The van der Waals surface area contributed by atoms with E-state index in [1.54, 1.807) is 7.11 Å². The van der Waals surface area contributed by atoms with Crippen molar-refractivity contribution in [2.45, 2.75) is 25.4 Å². The molecule has 1 aliphatic rings. The zero-order valence-corrected chi connectivity index (χ0v) is 12.1. The van der Waals surface area contributed by atoms with Crippen LogP contribution in [0.2, 0.25) is 0 Å². The van der Waals surface area contributed by atoms with Crippen molar-refractivity contribution in [1.82, 2.24) is 4.90 Å². The van der Waals surface area contributed by atoms with Crippen LogP contribution in [0.4, 0.5) is 0 Å². The average Bonchev–Trinajstić information content (AvgIpc) is 2.95. The minimum Gasteiger partial charge on any atom is -0.496 e. The van der Waals surface area contributed by atoms with Crippen LogP contribution in [0.3, 0.4) is 0 Å². The first kappa shape index (κ1) is 13.9. The minimum atomic E-state index is -0.729. The van der Waals surface area contributed by atoms with Gasteiger partial charge in [0.15, 0.2) is 0 Å². The van der Waals surface area contributed by atoms with Crippen molar-refractivity contribution in [3.05, 3.63) is 42.0 Å². The predicted molar refractivity (Wildman–Crippen MR) is 81.6 cm³/mol. The van der Waals surface area contributed by atoms with E-state index in [2.05, 4.69) is 18.2 Å². The fourth-order valence-electron chi connectivity index (χ4n) is 3.09. The Morgan fingerprint density at radius 1 is 1.33 bits per heavy atom. The largest absolute Gasteiger partial charge is 0.496 e. The molecule has 4 nitrogen and oxygen atoms in total. The minimum absolute atomic E-state index is 0.374. The fourth-order valence-corrected chi connectivity index (χ4v) is 3.09. The van der Waals surface area contributed by atoms with Gasteiger partial charge >= 0.3 is 5.97 Å². The van der Waals surface area contributed by atoms with Gasteiger partial charge in [0, 0.05) is 12.1 Å². The van der Waals surface area contributed by atoms with Crippen molar-refractivity contribution in [3.8, 4) is 5.75 Å². The first-order valence-electron chi connectivity index (χ1n) is 7.21. The Morgan fingerprint density at radius 2 is 2.05 bits per heavy atom. The number of rotatable bonds is 4. The van der Waals surface area contributed by atoms with Crippen LogP contribution in [0, 0.1) is 0 Å². The second kappa shape index (κ2) is 5.74. The van der Waals surface area contributed by atoms with Gasteiger partial charge in [0.05, 0.1) is 7.11 Å². The Kier molecular flexibility index (Phi) is 3.80. The Morgan fingerprint density at radius 3 is 2.71 bits per heavy atom. The molecular formula is C17H19NO3. The van der Waals surface area contributed by atoms with Crippen molar-refractivity contribution in [2.24, 2.45) is 0 Å². The second-order valence-corrected chi connectivity index (χ2v) is 5.48. The molecule has 110 valence electrons. The van der Waals surface area contributed by atoms with Crippen LogP contribution in [-0.4, -0.2) is 35.7 Å². The van der Waals surface area contributed by atoms with E-state index in [0.717, 1.165) is 41.5 Å². The van der Waals surface area contributed by atoms with Crippen molar-refractivity contribution in [3.63, 3.8) is 0 Å². The summed E-state index contributed by atoms with van der Waals surface area (Å²) in [5.41, 5.74) is 1.05. The highest BCUT2D eigenvalue weighted by atomic mass is 16.5. The van der Waals surface area contributed by atoms with Crippen LogP contribution in [-0.2, 0) is 11.3 Å². The SMILES string of the molecule is COc1cc2ccccc2cc1CN1CCC[C@@H]1C(=O)O. The lowest BCUT2D eigenvalue weighted by molar-refractivity contribution is -0.142. The highest BCUT2D eigenvalue weighted by Gasteiger charge is 2.30. The molecule has 3 rings (SSSR count). The van der Waals surface area contributed by atoms with E-state index in [1.807, 2.05) is 23.1 Å². The molecule has 2 aromatic carbocycles. The van der Waals surface area contributed by atoms with Crippen molar-refractivity contribution >= 4 is 16.7 Å². The van der Waals surface area contributed by atoms with Crippen molar-refractivity contribution in [2.75, 3.05) is 13.7 Å². The number of fused-ring (bicyclic) bond motifs is 1. The van der Waals surface area contributed by atoms with Gasteiger partial charge in [-0.05, 0) is 42.3 Å². The Labute approximate surface area is 123 Å². The molecular weight excluding hydrogens is 266 g/mol. The number of aliphatic carboxylic acids is 1. The number of hydrogen-bond acceptors (Lipinski definition) is 3. The summed E-state index contributed by atoms with van der Waals surface area (Å²) in [7, 11) is 1.66. The van der Waals surface area contributed by atoms with E-state index in [-0.39, 0.29) is 6.04 Å². The van der Waals surface area contributed by atoms with Gasteiger partial charge < -0.3 is 9.84 Å². The predicted octanol–water partition coefficient (Wildman–Crippen LogP) is 2.90. The summed E-state index contributed by atoms with van der Waals surface area (Å²) >= 11 is 0. The molecule has 0 aliphatic carbocycles. The third-order valence-electron chi connectivity index (χ3n) is 4.17. The summed E-state index contributed by atoms with van der Waals surface area (Å²) in [5, 5.41) is 11.6. The molecule has 1 heterocycles. The third kappa shape index (κ3) is 2.72. The molecule has 1 N–H and O–H groups in total. The van der Waals surface area contributed by atoms with Gasteiger partial charge in [-0.2, -0.15) is 0 Å². The van der Waals surface area contributed by atoms with Gasteiger partial charge in [-0.1, -0.05) is 24.3 Å². The van der Waals surface area contributed by atoms with Gasteiger partial charge in [0.25, 0.3) is 0 Å². The Balaban J connectivity index is 1.94. The summed E-state index contributed by atoms with van der Waals surface area (Å²) in [5.74, 6) is 0.0944. The normalized spacial score (nSPS) is 19.0. The first-order chi connectivity index (χ1) is 10.2. The Bertz CT molecular complexity index is 668. The lowest BCUT2D eigenvalue weighted by Crippen LogP contribution is -2.35. The number of carboxylic acid groups (broad SMARTS) is 1. The molecule has 1 aliphatic heterocycles. The van der Waals surface area contributed by atoms with Gasteiger partial charge in [0.2, 0.25) is 0 Å². The van der Waals surface area contributed by atoms with E-state index in [4.69, 9.17) is 4.74 Å². The average molecular weight is 285 g/mol. The number of carboxylic acids is 1. The monoisotopic (exact) mass is 285 g/mol. The topological polar surface area (TPSA) is 49.8 Å². The van der Waals surface area contributed by atoms with Gasteiger partial charge in [-0.25, -0.2) is 0 Å². The molecule has 1 fully saturated rings. The van der Waals surface area contributed by atoms with Gasteiger partial charge in [-0.15, -0.1) is 0 Å². The zero-order chi connectivity index (χ0) is 14.8. The van der Waals surface area contributed by atoms with E-state index in [1.165, 1.54) is 0 Å². The standard InChI is InChI=1S/C17H19NO3/c1-21-16-10-13-6-3-2-5-12(13)9-14(16)11-18-8-4-7-15(18)17(19)20/h2-3,5-6,9-10,15H,4,7-8,11H2,1H3,(H,19,20)/t15-/m1/s1. The number of methoxy groups -OCH3 is 1. The van der Waals surface area contributed by atoms with Crippen LogP contribution in [0.15, 0.2) is 36.4 Å². The number of carbonyl (C=O) groups is 1. The van der Waals surface area contributed by atoms with E-state index >= 15 is 0 Å². The highest BCUT2D eigenvalue weighted by molar-refractivity contribution is 5.85. The smallest absolute Gasteiger partial charge is 0.320 e. The molecule has 0 spiro atoms.